The largest absolute Gasteiger partial charge is 0.584 e. The van der Waals surface area contributed by atoms with E-state index in [1.807, 2.05) is 0 Å². The van der Waals surface area contributed by atoms with Crippen LogP contribution < -0.4 is 0 Å². The molecule has 4 aromatic rings. The minimum atomic E-state index is -5.01. The molecule has 0 bridgehead atoms. The number of hydrogen-bond acceptors (Lipinski definition) is 7. The van der Waals surface area contributed by atoms with Crippen molar-refractivity contribution >= 4 is 51.2 Å². The maximum atomic E-state index is 13.5. The lowest BCUT2D eigenvalue weighted by Gasteiger charge is -2.19. The van der Waals surface area contributed by atoms with E-state index in [-0.39, 0.29) is 53.4 Å². The van der Waals surface area contributed by atoms with Crippen LogP contribution in [0.4, 0.5) is 0 Å². The topological polar surface area (TPSA) is 124 Å². The highest BCUT2D eigenvalue weighted by molar-refractivity contribution is 7.92. The second-order valence-electron chi connectivity index (χ2n) is 8.74. The molecule has 0 spiro atoms. The van der Waals surface area contributed by atoms with Gasteiger partial charge in [0.25, 0.3) is 0 Å². The first-order valence-corrected chi connectivity index (χ1v) is 16.1. The van der Waals surface area contributed by atoms with Crippen LogP contribution in [0, 0.1) is 0 Å². The number of phosphoric acid groups is 1. The van der Waals surface area contributed by atoms with Gasteiger partial charge >= 0.3 is 7.82 Å². The summed E-state index contributed by atoms with van der Waals surface area (Å²) in [6.45, 7) is 0. The van der Waals surface area contributed by atoms with Crippen LogP contribution in [0.1, 0.15) is 22.3 Å². The normalized spacial score (nSPS) is 16.5. The molecule has 39 heavy (non-hydrogen) atoms. The van der Waals surface area contributed by atoms with Crippen molar-refractivity contribution in [1.29, 1.82) is 0 Å². The zero-order valence-electron chi connectivity index (χ0n) is 20.0. The van der Waals surface area contributed by atoms with Crippen molar-refractivity contribution in [2.75, 3.05) is 0 Å². The molecule has 0 saturated carbocycles. The highest BCUT2D eigenvalue weighted by Crippen LogP contribution is 2.54. The molecule has 0 saturated heterocycles. The minimum absolute atomic E-state index is 0.0203. The van der Waals surface area contributed by atoms with Gasteiger partial charge < -0.3 is 9.05 Å². The Morgan fingerprint density at radius 1 is 0.513 bits per heavy atom. The van der Waals surface area contributed by atoms with E-state index in [4.69, 9.17) is 9.05 Å². The molecule has 2 aliphatic heterocycles. The first kappa shape index (κ1) is 25.3. The number of fused-ring (bicyclic) bond motifs is 4. The second-order valence-corrected chi connectivity index (χ2v) is 13.8. The van der Waals surface area contributed by atoms with Crippen LogP contribution in [-0.2, 0) is 33.3 Å². The molecule has 4 aromatic carbocycles. The van der Waals surface area contributed by atoms with Gasteiger partial charge in [0, 0.05) is 11.1 Å². The molecule has 0 amide bonds. The summed E-state index contributed by atoms with van der Waals surface area (Å²) in [6, 6.07) is 24.4. The number of hydrogen-bond donors (Lipinski definition) is 1. The predicted molar refractivity (Wildman–Crippen MR) is 144 cm³/mol. The lowest BCUT2D eigenvalue weighted by Crippen LogP contribution is -2.05. The Morgan fingerprint density at radius 3 is 1.26 bits per heavy atom. The van der Waals surface area contributed by atoms with Crippen molar-refractivity contribution in [2.24, 2.45) is 0 Å². The van der Waals surface area contributed by atoms with E-state index in [0.29, 0.717) is 0 Å². The average molecular weight is 579 g/mol. The van der Waals surface area contributed by atoms with Gasteiger partial charge in [-0.25, -0.2) is 21.4 Å². The van der Waals surface area contributed by atoms with Crippen molar-refractivity contribution in [2.45, 2.75) is 19.6 Å². The molecule has 2 aliphatic rings. The fraction of sp³-hybridized carbons (Fsp3) is 0. The fourth-order valence-electron chi connectivity index (χ4n) is 4.59. The van der Waals surface area contributed by atoms with Crippen molar-refractivity contribution in [3.05, 3.63) is 119 Å². The SMILES string of the molecule is O=P(O)(OC1=Cc2ccccc2S(=O)(=O)c2ccccc21)OC1=Cc2ccccc2S(=O)(=O)c2ccccc21. The van der Waals surface area contributed by atoms with Crippen molar-refractivity contribution in [3.8, 4) is 0 Å². The molecule has 11 heteroatoms. The van der Waals surface area contributed by atoms with E-state index < -0.39 is 27.5 Å². The standard InChI is InChI=1S/C28H19O8PS2/c29-37(30,35-23-17-19-9-1-5-13-25(19)38(31,32)27-15-7-3-11-21(23)27)36-24-18-20-10-2-6-14-26(20)39(33,34)28-16-8-4-12-22(24)28/h1-18H,(H,29,30). The molecular weight excluding hydrogens is 559 g/mol. The Kier molecular flexibility index (Phi) is 5.89. The Balaban J connectivity index is 1.46. The summed E-state index contributed by atoms with van der Waals surface area (Å²) in [6.07, 6.45) is 2.72. The molecule has 0 radical (unpaired) electrons. The van der Waals surface area contributed by atoms with Crippen LogP contribution in [0.25, 0.3) is 23.7 Å². The van der Waals surface area contributed by atoms with Gasteiger partial charge in [-0.15, -0.1) is 0 Å². The van der Waals surface area contributed by atoms with Crippen molar-refractivity contribution in [1.82, 2.24) is 0 Å². The predicted octanol–water partition coefficient (Wildman–Crippen LogP) is 5.81. The van der Waals surface area contributed by atoms with Gasteiger partial charge in [0.15, 0.2) is 0 Å². The van der Waals surface area contributed by atoms with Crippen LogP contribution >= 0.6 is 7.82 Å². The van der Waals surface area contributed by atoms with Crippen molar-refractivity contribution in [3.63, 3.8) is 0 Å². The summed E-state index contributed by atoms with van der Waals surface area (Å²) in [7, 11) is -12.9. The molecule has 0 atom stereocenters. The molecule has 1 N–H and O–H groups in total. The van der Waals surface area contributed by atoms with Crippen LogP contribution in [0.15, 0.2) is 117 Å². The van der Waals surface area contributed by atoms with E-state index >= 15 is 0 Å². The summed E-state index contributed by atoms with van der Waals surface area (Å²) >= 11 is 0. The highest BCUT2D eigenvalue weighted by atomic mass is 32.2. The fourth-order valence-corrected chi connectivity index (χ4v) is 8.72. The molecule has 2 heterocycles. The third-order valence-electron chi connectivity index (χ3n) is 6.30. The lowest BCUT2D eigenvalue weighted by atomic mass is 10.1. The number of sulfone groups is 2. The molecule has 196 valence electrons. The Morgan fingerprint density at radius 2 is 0.846 bits per heavy atom. The lowest BCUT2D eigenvalue weighted by molar-refractivity contribution is 0.264. The monoisotopic (exact) mass is 578 g/mol. The summed E-state index contributed by atoms with van der Waals surface area (Å²) in [5.74, 6) is -0.388. The van der Waals surface area contributed by atoms with Gasteiger partial charge in [-0.3, -0.25) is 4.89 Å². The van der Waals surface area contributed by atoms with E-state index in [0.717, 1.165) is 0 Å². The van der Waals surface area contributed by atoms with Crippen LogP contribution in [-0.4, -0.2) is 21.7 Å². The summed E-state index contributed by atoms with van der Waals surface area (Å²) in [4.78, 5) is 10.8. The van der Waals surface area contributed by atoms with Gasteiger partial charge in [-0.2, -0.15) is 0 Å². The zero-order valence-corrected chi connectivity index (χ0v) is 22.5. The van der Waals surface area contributed by atoms with Gasteiger partial charge in [-0.05, 0) is 59.7 Å². The Bertz CT molecular complexity index is 1850. The Hall–Kier alpha value is -3.95. The molecule has 8 nitrogen and oxygen atoms in total. The first-order valence-electron chi connectivity index (χ1n) is 11.6. The summed E-state index contributed by atoms with van der Waals surface area (Å²) < 4.78 is 78.0. The average Bonchev–Trinajstić information content (AvgIpc) is 3.07. The number of rotatable bonds is 4. The molecule has 0 aromatic heterocycles. The number of phosphoric ester groups is 1. The Labute approximate surface area is 224 Å². The van der Waals surface area contributed by atoms with Gasteiger partial charge in [0.05, 0.1) is 19.6 Å². The smallest absolute Gasteiger partial charge is 0.394 e. The highest BCUT2D eigenvalue weighted by Gasteiger charge is 2.36. The molecule has 0 fully saturated rings. The van der Waals surface area contributed by atoms with Gasteiger partial charge in [0.2, 0.25) is 19.7 Å². The maximum absolute atomic E-state index is 13.5. The van der Waals surface area contributed by atoms with Crippen LogP contribution in [0.5, 0.6) is 0 Å². The third kappa shape index (κ3) is 4.31. The van der Waals surface area contributed by atoms with E-state index in [1.54, 1.807) is 60.7 Å². The van der Waals surface area contributed by atoms with Crippen LogP contribution in [0.3, 0.4) is 0 Å². The second kappa shape index (κ2) is 9.07. The molecule has 6 rings (SSSR count). The van der Waals surface area contributed by atoms with E-state index in [9.17, 15) is 26.3 Å². The number of benzene rings is 4. The maximum Gasteiger partial charge on any atom is 0.584 e. The first-order chi connectivity index (χ1) is 18.6. The van der Waals surface area contributed by atoms with E-state index in [2.05, 4.69) is 0 Å². The van der Waals surface area contributed by atoms with Gasteiger partial charge in [0.1, 0.15) is 11.5 Å². The molecular formula is C28H19O8PS2. The summed E-state index contributed by atoms with van der Waals surface area (Å²) in [5, 5.41) is 0. The molecule has 0 unspecified atom stereocenters. The quantitative estimate of drug-likeness (QED) is 0.301. The minimum Gasteiger partial charge on any atom is -0.394 e. The molecule has 0 aliphatic carbocycles. The van der Waals surface area contributed by atoms with Crippen molar-refractivity contribution < 1.29 is 35.3 Å². The third-order valence-corrected chi connectivity index (χ3v) is 10.9. The zero-order chi connectivity index (χ0) is 27.4. The van der Waals surface area contributed by atoms with Crippen LogP contribution in [0.2, 0.25) is 0 Å². The summed E-state index contributed by atoms with van der Waals surface area (Å²) in [5.41, 5.74) is 0.690. The van der Waals surface area contributed by atoms with E-state index in [1.165, 1.54) is 48.6 Å². The van der Waals surface area contributed by atoms with Gasteiger partial charge in [-0.1, -0.05) is 60.7 Å².